The number of nitrogens with zero attached hydrogens (tertiary/aromatic N) is 1. The number of carbonyl (C=O) groups excluding carboxylic acids is 2. The molecule has 0 radical (unpaired) electrons. The molecule has 1 aromatic rings. The highest BCUT2D eigenvalue weighted by atomic mass is 16.2. The van der Waals surface area contributed by atoms with Gasteiger partial charge in [-0.3, -0.25) is 9.59 Å². The number of carbonyl (C=O) groups is 2. The Labute approximate surface area is 158 Å². The molecule has 0 heterocycles. The minimum Gasteiger partial charge on any atom is -0.352 e. The van der Waals surface area contributed by atoms with E-state index in [1.54, 1.807) is 4.90 Å². The normalized spacial score (nSPS) is 16.1. The van der Waals surface area contributed by atoms with Crippen molar-refractivity contribution in [3.05, 3.63) is 35.4 Å². The average Bonchev–Trinajstić information content (AvgIpc) is 2.62. The fourth-order valence-electron chi connectivity index (χ4n) is 3.83. The average molecular weight is 359 g/mol. The second kappa shape index (κ2) is 10.3. The summed E-state index contributed by atoms with van der Waals surface area (Å²) < 4.78 is 0. The van der Waals surface area contributed by atoms with Gasteiger partial charge in [0, 0.05) is 19.0 Å². The molecule has 1 aromatic carbocycles. The lowest BCUT2D eigenvalue weighted by Crippen LogP contribution is -2.51. The van der Waals surface area contributed by atoms with Crippen molar-refractivity contribution in [3.8, 4) is 0 Å². The summed E-state index contributed by atoms with van der Waals surface area (Å²) >= 11 is 0. The van der Waals surface area contributed by atoms with Crippen molar-refractivity contribution in [1.82, 2.24) is 10.2 Å². The second-order valence-electron chi connectivity index (χ2n) is 7.53. The van der Waals surface area contributed by atoms with Gasteiger partial charge in [-0.2, -0.15) is 0 Å². The molecule has 1 unspecified atom stereocenters. The zero-order chi connectivity index (χ0) is 18.9. The molecule has 2 rings (SSSR count). The molecule has 1 N–H and O–H groups in total. The molecule has 0 aliphatic heterocycles. The Morgan fingerprint density at radius 1 is 1.19 bits per heavy atom. The number of aryl methyl sites for hydroxylation is 1. The van der Waals surface area contributed by atoms with E-state index in [0.29, 0.717) is 19.4 Å². The molecule has 0 spiro atoms. The van der Waals surface area contributed by atoms with Crippen LogP contribution in [0.5, 0.6) is 0 Å². The topological polar surface area (TPSA) is 49.4 Å². The standard InChI is InChI=1S/C22H34N2O2/c1-4-10-21(25)24(16-18-12-9-11-17(3)15-18)20(5-2)22(26)23-19-13-7-6-8-14-19/h9,11-12,15,19-20H,4-8,10,13-14,16H2,1-3H3,(H,23,26). The molecule has 144 valence electrons. The summed E-state index contributed by atoms with van der Waals surface area (Å²) in [6, 6.07) is 8.07. The van der Waals surface area contributed by atoms with Crippen molar-refractivity contribution >= 4 is 11.8 Å². The first kappa shape index (κ1) is 20.5. The van der Waals surface area contributed by atoms with Crippen LogP contribution >= 0.6 is 0 Å². The van der Waals surface area contributed by atoms with E-state index in [0.717, 1.165) is 24.8 Å². The summed E-state index contributed by atoms with van der Waals surface area (Å²) in [6.07, 6.45) is 7.67. The second-order valence-corrected chi connectivity index (χ2v) is 7.53. The van der Waals surface area contributed by atoms with Crippen LogP contribution in [0.2, 0.25) is 0 Å². The van der Waals surface area contributed by atoms with Gasteiger partial charge in [0.1, 0.15) is 6.04 Å². The first-order chi connectivity index (χ1) is 12.5. The van der Waals surface area contributed by atoms with Crippen LogP contribution in [-0.4, -0.2) is 28.8 Å². The Balaban J connectivity index is 2.14. The highest BCUT2D eigenvalue weighted by Gasteiger charge is 2.29. The van der Waals surface area contributed by atoms with Crippen LogP contribution in [-0.2, 0) is 16.1 Å². The maximum atomic E-state index is 12.9. The third-order valence-electron chi connectivity index (χ3n) is 5.24. The zero-order valence-corrected chi connectivity index (χ0v) is 16.6. The van der Waals surface area contributed by atoms with E-state index in [4.69, 9.17) is 0 Å². The van der Waals surface area contributed by atoms with E-state index in [-0.39, 0.29) is 17.9 Å². The van der Waals surface area contributed by atoms with Crippen LogP contribution in [0.1, 0.15) is 76.3 Å². The van der Waals surface area contributed by atoms with Crippen LogP contribution in [0, 0.1) is 6.92 Å². The predicted molar refractivity (Wildman–Crippen MR) is 106 cm³/mol. The Morgan fingerprint density at radius 3 is 2.54 bits per heavy atom. The molecule has 26 heavy (non-hydrogen) atoms. The van der Waals surface area contributed by atoms with Gasteiger partial charge in [-0.05, 0) is 38.2 Å². The van der Waals surface area contributed by atoms with Gasteiger partial charge in [-0.25, -0.2) is 0 Å². The summed E-state index contributed by atoms with van der Waals surface area (Å²) in [5, 5.41) is 3.21. The Kier molecular flexibility index (Phi) is 8.14. The molecular formula is C22H34N2O2. The summed E-state index contributed by atoms with van der Waals surface area (Å²) in [5.41, 5.74) is 2.25. The first-order valence-electron chi connectivity index (χ1n) is 10.2. The van der Waals surface area contributed by atoms with Crippen LogP contribution in [0.4, 0.5) is 0 Å². The first-order valence-corrected chi connectivity index (χ1v) is 10.2. The maximum absolute atomic E-state index is 12.9. The fourth-order valence-corrected chi connectivity index (χ4v) is 3.83. The van der Waals surface area contributed by atoms with Gasteiger partial charge in [0.2, 0.25) is 11.8 Å². The zero-order valence-electron chi connectivity index (χ0n) is 16.6. The third-order valence-corrected chi connectivity index (χ3v) is 5.24. The van der Waals surface area contributed by atoms with E-state index < -0.39 is 6.04 Å². The number of amides is 2. The van der Waals surface area contributed by atoms with Crippen LogP contribution in [0.15, 0.2) is 24.3 Å². The summed E-state index contributed by atoms with van der Waals surface area (Å²) in [5.74, 6) is 0.0798. The lowest BCUT2D eigenvalue weighted by molar-refractivity contribution is -0.141. The molecule has 4 heteroatoms. The maximum Gasteiger partial charge on any atom is 0.243 e. The number of rotatable bonds is 8. The minimum atomic E-state index is -0.392. The van der Waals surface area contributed by atoms with Crippen LogP contribution < -0.4 is 5.32 Å². The molecule has 0 aromatic heterocycles. The van der Waals surface area contributed by atoms with Crippen molar-refractivity contribution in [2.24, 2.45) is 0 Å². The predicted octanol–water partition coefficient (Wildman–Crippen LogP) is 4.35. The number of hydrogen-bond donors (Lipinski definition) is 1. The van der Waals surface area contributed by atoms with Gasteiger partial charge in [-0.1, -0.05) is 62.9 Å². The summed E-state index contributed by atoms with van der Waals surface area (Å²) in [6.45, 7) is 6.55. The van der Waals surface area contributed by atoms with Crippen molar-refractivity contribution in [1.29, 1.82) is 0 Å². The molecule has 1 saturated carbocycles. The molecule has 1 fully saturated rings. The molecule has 1 aliphatic carbocycles. The molecule has 4 nitrogen and oxygen atoms in total. The number of nitrogens with one attached hydrogen (secondary N) is 1. The van der Waals surface area contributed by atoms with Gasteiger partial charge in [0.15, 0.2) is 0 Å². The van der Waals surface area contributed by atoms with Gasteiger partial charge >= 0.3 is 0 Å². The highest BCUT2D eigenvalue weighted by Crippen LogP contribution is 2.19. The van der Waals surface area contributed by atoms with Crippen molar-refractivity contribution in [2.75, 3.05) is 0 Å². The number of hydrogen-bond acceptors (Lipinski definition) is 2. The van der Waals surface area contributed by atoms with Gasteiger partial charge in [-0.15, -0.1) is 0 Å². The lowest BCUT2D eigenvalue weighted by Gasteiger charge is -2.33. The van der Waals surface area contributed by atoms with Gasteiger partial charge < -0.3 is 10.2 Å². The molecule has 0 saturated heterocycles. The van der Waals surface area contributed by atoms with Crippen molar-refractivity contribution < 1.29 is 9.59 Å². The summed E-state index contributed by atoms with van der Waals surface area (Å²) in [4.78, 5) is 27.5. The van der Waals surface area contributed by atoms with E-state index >= 15 is 0 Å². The van der Waals surface area contributed by atoms with E-state index in [2.05, 4.69) is 24.4 Å². The highest BCUT2D eigenvalue weighted by molar-refractivity contribution is 5.87. The summed E-state index contributed by atoms with van der Waals surface area (Å²) in [7, 11) is 0. The van der Waals surface area contributed by atoms with E-state index in [1.807, 2.05) is 26.0 Å². The largest absolute Gasteiger partial charge is 0.352 e. The Bertz CT molecular complexity index is 594. The Morgan fingerprint density at radius 2 is 1.92 bits per heavy atom. The van der Waals surface area contributed by atoms with E-state index in [1.165, 1.54) is 24.8 Å². The minimum absolute atomic E-state index is 0.0107. The monoisotopic (exact) mass is 358 g/mol. The Hall–Kier alpha value is -1.84. The van der Waals surface area contributed by atoms with E-state index in [9.17, 15) is 9.59 Å². The van der Waals surface area contributed by atoms with Gasteiger partial charge in [0.05, 0.1) is 0 Å². The quantitative estimate of drug-likeness (QED) is 0.751. The molecule has 1 aliphatic rings. The molecule has 1 atom stereocenters. The number of benzene rings is 1. The van der Waals surface area contributed by atoms with Gasteiger partial charge in [0.25, 0.3) is 0 Å². The van der Waals surface area contributed by atoms with Crippen molar-refractivity contribution in [3.63, 3.8) is 0 Å². The van der Waals surface area contributed by atoms with Crippen molar-refractivity contribution in [2.45, 2.75) is 90.8 Å². The molecule has 2 amide bonds. The van der Waals surface area contributed by atoms with Crippen LogP contribution in [0.25, 0.3) is 0 Å². The fraction of sp³-hybridized carbons (Fsp3) is 0.636. The molecule has 0 bridgehead atoms. The lowest BCUT2D eigenvalue weighted by atomic mass is 9.95. The SMILES string of the molecule is CCCC(=O)N(Cc1cccc(C)c1)C(CC)C(=O)NC1CCCCC1. The third kappa shape index (κ3) is 5.86. The molecular weight excluding hydrogens is 324 g/mol. The van der Waals surface area contributed by atoms with Crippen LogP contribution in [0.3, 0.4) is 0 Å². The smallest absolute Gasteiger partial charge is 0.243 e.